The van der Waals surface area contributed by atoms with Crippen molar-refractivity contribution in [1.29, 1.82) is 0 Å². The van der Waals surface area contributed by atoms with Gasteiger partial charge in [0.1, 0.15) is 5.75 Å². The lowest BCUT2D eigenvalue weighted by Gasteiger charge is -2.31. The molecule has 0 saturated heterocycles. The molecule has 3 aromatic carbocycles. The number of alkyl halides is 10. The molecule has 0 saturated carbocycles. The normalized spacial score (nSPS) is 12.6. The highest BCUT2D eigenvalue weighted by atomic mass is 127. The maximum Gasteiger partial charge on any atom is 0.435 e. The quantitative estimate of drug-likeness (QED) is 0.205. The molecule has 232 valence electrons. The van der Waals surface area contributed by atoms with E-state index in [-0.39, 0.29) is 11.6 Å². The Morgan fingerprint density at radius 2 is 1.42 bits per heavy atom. The average molecular weight is 740 g/mol. The van der Waals surface area contributed by atoms with Gasteiger partial charge in [0.15, 0.2) is 5.82 Å². The summed E-state index contributed by atoms with van der Waals surface area (Å²) in [6.45, 7) is 0. The molecule has 0 atom stereocenters. The number of hydrogen-bond acceptors (Lipinski definition) is 3. The number of halogens is 12. The van der Waals surface area contributed by atoms with Gasteiger partial charge in [0.2, 0.25) is 0 Å². The number of hydrogen-bond donors (Lipinski definition) is 1. The van der Waals surface area contributed by atoms with Gasteiger partial charge in [0, 0.05) is 21.7 Å². The minimum atomic E-state index is -6.71. The molecular weight excluding hydrogens is 724 g/mol. The van der Waals surface area contributed by atoms with Crippen LogP contribution in [0, 0.1) is 9.39 Å². The third kappa shape index (κ3) is 6.50. The maximum absolute atomic E-state index is 15.4. The van der Waals surface area contributed by atoms with Crippen LogP contribution in [0.4, 0.5) is 59.7 Å². The van der Waals surface area contributed by atoms with Gasteiger partial charge in [0.25, 0.3) is 11.8 Å². The van der Waals surface area contributed by atoms with Crippen molar-refractivity contribution in [2.45, 2.75) is 24.2 Å². The molecular formula is C26H16F11IN2O3. The summed E-state index contributed by atoms with van der Waals surface area (Å²) in [7, 11) is 2.50. The molecule has 0 aliphatic carbocycles. The van der Waals surface area contributed by atoms with Crippen LogP contribution in [0.25, 0.3) is 0 Å². The maximum atomic E-state index is 15.4. The zero-order valence-corrected chi connectivity index (χ0v) is 23.6. The van der Waals surface area contributed by atoms with Crippen LogP contribution in [-0.4, -0.2) is 38.3 Å². The van der Waals surface area contributed by atoms with Crippen LogP contribution >= 0.6 is 22.6 Å². The van der Waals surface area contributed by atoms with Crippen molar-refractivity contribution in [2.75, 3.05) is 24.4 Å². The fraction of sp³-hybridized carbons (Fsp3) is 0.231. The van der Waals surface area contributed by atoms with E-state index in [1.54, 1.807) is 5.32 Å². The molecule has 3 rings (SSSR count). The van der Waals surface area contributed by atoms with Crippen molar-refractivity contribution < 1.29 is 62.6 Å². The second-order valence-electron chi connectivity index (χ2n) is 8.72. The van der Waals surface area contributed by atoms with Gasteiger partial charge < -0.3 is 15.0 Å². The van der Waals surface area contributed by atoms with E-state index >= 15 is 4.39 Å². The summed E-state index contributed by atoms with van der Waals surface area (Å²) in [5.74, 6) is -3.38. The van der Waals surface area contributed by atoms with Crippen molar-refractivity contribution in [3.05, 3.63) is 86.2 Å². The molecule has 0 heterocycles. The number of carbonyl (C=O) groups is 2. The first kappa shape index (κ1) is 33.9. The third-order valence-corrected chi connectivity index (χ3v) is 6.89. The zero-order chi connectivity index (χ0) is 32.7. The molecule has 0 aliphatic rings. The minimum Gasteiger partial charge on any atom is -0.497 e. The van der Waals surface area contributed by atoms with E-state index in [0.29, 0.717) is 5.75 Å². The Morgan fingerprint density at radius 1 is 0.860 bits per heavy atom. The number of methoxy groups -OCH3 is 1. The lowest BCUT2D eigenvalue weighted by atomic mass is 9.92. The van der Waals surface area contributed by atoms with Gasteiger partial charge in [-0.15, -0.1) is 0 Å². The van der Waals surface area contributed by atoms with E-state index < -0.39 is 79.5 Å². The van der Waals surface area contributed by atoms with Crippen LogP contribution < -0.4 is 15.0 Å². The summed E-state index contributed by atoms with van der Waals surface area (Å²) in [5.41, 5.74) is -13.6. The highest BCUT2D eigenvalue weighted by molar-refractivity contribution is 14.1. The van der Waals surface area contributed by atoms with Gasteiger partial charge >= 0.3 is 24.2 Å². The minimum absolute atomic E-state index is 0.0590. The molecule has 0 aromatic heterocycles. The van der Waals surface area contributed by atoms with Crippen molar-refractivity contribution in [3.63, 3.8) is 0 Å². The molecule has 0 radical (unpaired) electrons. The highest BCUT2D eigenvalue weighted by Gasteiger charge is 2.73. The van der Waals surface area contributed by atoms with E-state index in [1.165, 1.54) is 31.4 Å². The van der Waals surface area contributed by atoms with Crippen LogP contribution in [0.5, 0.6) is 5.75 Å². The molecule has 1 N–H and O–H groups in total. The van der Waals surface area contributed by atoms with Crippen molar-refractivity contribution in [3.8, 4) is 5.75 Å². The monoisotopic (exact) mass is 740 g/mol. The van der Waals surface area contributed by atoms with E-state index in [1.807, 2.05) is 0 Å². The zero-order valence-electron chi connectivity index (χ0n) is 21.4. The van der Waals surface area contributed by atoms with Gasteiger partial charge in [-0.2, -0.15) is 39.5 Å². The van der Waals surface area contributed by atoms with Crippen LogP contribution in [0.15, 0.2) is 54.6 Å². The first-order valence-electron chi connectivity index (χ1n) is 11.4. The van der Waals surface area contributed by atoms with E-state index in [2.05, 4.69) is 0 Å². The lowest BCUT2D eigenvalue weighted by molar-refractivity contribution is -0.348. The van der Waals surface area contributed by atoms with Gasteiger partial charge in [0.05, 0.1) is 29.6 Å². The number of amides is 2. The highest BCUT2D eigenvalue weighted by Crippen LogP contribution is 2.54. The smallest absolute Gasteiger partial charge is 0.435 e. The number of ether oxygens (including phenoxy) is 1. The Bertz CT molecular complexity index is 1520. The predicted octanol–water partition coefficient (Wildman–Crippen LogP) is 8.28. The number of carbonyl (C=O) groups excluding carboxylic acids is 2. The van der Waals surface area contributed by atoms with Crippen molar-refractivity contribution in [2.24, 2.45) is 0 Å². The standard InChI is InChI=1S/C26H16F11IN2O3/c1-40(22(42)12-6-8-14(43-2)9-7-12)18-5-3-4-15(19(18)27)21(41)39-20-16(24(29,30)31)10-13(11-17(20)38)23(28,25(32,33)34)26(35,36)37/h3-11H,1-2H3,(H,39,41). The number of benzene rings is 3. The van der Waals surface area contributed by atoms with Crippen molar-refractivity contribution >= 4 is 45.8 Å². The van der Waals surface area contributed by atoms with Crippen molar-refractivity contribution in [1.82, 2.24) is 0 Å². The van der Waals surface area contributed by atoms with Crippen LogP contribution in [-0.2, 0) is 11.8 Å². The molecule has 0 fully saturated rings. The molecule has 0 spiro atoms. The van der Waals surface area contributed by atoms with Gasteiger partial charge in [-0.05, 0) is 71.1 Å². The Labute approximate surface area is 248 Å². The molecule has 0 bridgehead atoms. The average Bonchev–Trinajstić information content (AvgIpc) is 2.90. The van der Waals surface area contributed by atoms with Gasteiger partial charge in [-0.3, -0.25) is 9.59 Å². The van der Waals surface area contributed by atoms with Crippen LogP contribution in [0.3, 0.4) is 0 Å². The molecule has 2 amide bonds. The molecule has 43 heavy (non-hydrogen) atoms. The third-order valence-electron chi connectivity index (χ3n) is 6.04. The number of nitrogens with one attached hydrogen (secondary N) is 1. The summed E-state index contributed by atoms with van der Waals surface area (Å²) in [6.07, 6.45) is -19.1. The number of rotatable bonds is 6. The number of nitrogens with zero attached hydrogens (tertiary/aromatic N) is 1. The largest absolute Gasteiger partial charge is 0.497 e. The molecule has 3 aromatic rings. The summed E-state index contributed by atoms with van der Waals surface area (Å²) in [6, 6.07) is 7.59. The Morgan fingerprint density at radius 3 is 1.91 bits per heavy atom. The first-order chi connectivity index (χ1) is 19.6. The van der Waals surface area contributed by atoms with Crippen LogP contribution in [0.2, 0.25) is 0 Å². The topological polar surface area (TPSA) is 58.6 Å². The molecule has 17 heteroatoms. The fourth-order valence-electron chi connectivity index (χ4n) is 3.82. The second kappa shape index (κ2) is 11.8. The summed E-state index contributed by atoms with van der Waals surface area (Å²) >= 11 is 0.875. The first-order valence-corrected chi connectivity index (χ1v) is 12.5. The van der Waals surface area contributed by atoms with Crippen LogP contribution in [0.1, 0.15) is 31.8 Å². The lowest BCUT2D eigenvalue weighted by Crippen LogP contribution is -2.50. The van der Waals surface area contributed by atoms with E-state index in [4.69, 9.17) is 4.74 Å². The summed E-state index contributed by atoms with van der Waals surface area (Å²) < 4.78 is 155. The predicted molar refractivity (Wildman–Crippen MR) is 139 cm³/mol. The molecule has 0 unspecified atom stereocenters. The summed E-state index contributed by atoms with van der Waals surface area (Å²) in [5, 5.41) is 1.63. The number of anilines is 2. The molecule has 5 nitrogen and oxygen atoms in total. The second-order valence-corrected chi connectivity index (χ2v) is 9.88. The Balaban J connectivity index is 2.05. The van der Waals surface area contributed by atoms with Gasteiger partial charge in [-0.25, -0.2) is 8.78 Å². The summed E-state index contributed by atoms with van der Waals surface area (Å²) in [4.78, 5) is 26.5. The molecule has 0 aliphatic heterocycles. The Hall–Kier alpha value is -3.64. The van der Waals surface area contributed by atoms with E-state index in [0.717, 1.165) is 52.7 Å². The van der Waals surface area contributed by atoms with E-state index in [9.17, 15) is 53.5 Å². The van der Waals surface area contributed by atoms with Gasteiger partial charge in [-0.1, -0.05) is 6.07 Å². The Kier molecular flexibility index (Phi) is 9.29. The fourth-order valence-corrected chi connectivity index (χ4v) is 4.58. The SMILES string of the molecule is COc1ccc(C(=O)N(C)c2cccc(C(=O)Nc3c(I)cc(C(F)(C(F)(F)F)C(F)(F)F)cc3C(F)(F)F)c2F)cc1.